The van der Waals surface area contributed by atoms with Crippen molar-refractivity contribution in [1.29, 1.82) is 0 Å². The number of nitrogens with two attached hydrogens (primary N) is 1. The molecule has 0 spiro atoms. The molecule has 2 aromatic rings. The summed E-state index contributed by atoms with van der Waals surface area (Å²) >= 11 is 0. The maximum atomic E-state index is 5.70. The van der Waals surface area contributed by atoms with E-state index in [9.17, 15) is 0 Å². The lowest BCUT2D eigenvalue weighted by Crippen LogP contribution is -2.25. The number of rotatable bonds is 6. The molecule has 2 rings (SSSR count). The zero-order chi connectivity index (χ0) is 15.2. The number of hydrogen-bond donors (Lipinski definition) is 1. The molecule has 2 aromatic carbocycles. The maximum absolute atomic E-state index is 5.70. The highest BCUT2D eigenvalue weighted by molar-refractivity contribution is 5.49. The molecule has 0 saturated carbocycles. The van der Waals surface area contributed by atoms with Gasteiger partial charge in [0.1, 0.15) is 0 Å². The lowest BCUT2D eigenvalue weighted by molar-refractivity contribution is 0.735. The molecule has 0 bridgehead atoms. The fourth-order valence-corrected chi connectivity index (χ4v) is 2.53. The van der Waals surface area contributed by atoms with Crippen molar-refractivity contribution in [2.75, 3.05) is 18.0 Å². The van der Waals surface area contributed by atoms with Crippen molar-refractivity contribution in [3.05, 3.63) is 64.7 Å². The van der Waals surface area contributed by atoms with Gasteiger partial charge in [0.2, 0.25) is 0 Å². The quantitative estimate of drug-likeness (QED) is 0.868. The SMILES string of the molecule is Cc1cccc(N(CCCN)Cc2ccc(C)c(C)c2)c1. The minimum absolute atomic E-state index is 0.731. The summed E-state index contributed by atoms with van der Waals surface area (Å²) in [4.78, 5) is 2.42. The van der Waals surface area contributed by atoms with Crippen molar-refractivity contribution in [2.24, 2.45) is 5.73 Å². The average Bonchev–Trinajstić information content (AvgIpc) is 2.47. The van der Waals surface area contributed by atoms with Gasteiger partial charge in [-0.15, -0.1) is 0 Å². The van der Waals surface area contributed by atoms with Gasteiger partial charge in [-0.1, -0.05) is 30.3 Å². The van der Waals surface area contributed by atoms with Crippen LogP contribution in [0.3, 0.4) is 0 Å². The molecule has 2 nitrogen and oxygen atoms in total. The summed E-state index contributed by atoms with van der Waals surface area (Å²) in [5.74, 6) is 0. The van der Waals surface area contributed by atoms with Crippen molar-refractivity contribution >= 4 is 5.69 Å². The summed E-state index contributed by atoms with van der Waals surface area (Å²) in [6.07, 6.45) is 1.01. The summed E-state index contributed by atoms with van der Waals surface area (Å²) in [6.45, 7) is 9.13. The summed E-state index contributed by atoms with van der Waals surface area (Å²) in [7, 11) is 0. The van der Waals surface area contributed by atoms with E-state index in [-0.39, 0.29) is 0 Å². The predicted octanol–water partition coefficient (Wildman–Crippen LogP) is 3.97. The highest BCUT2D eigenvalue weighted by atomic mass is 15.1. The molecule has 0 unspecified atom stereocenters. The second kappa shape index (κ2) is 7.28. The van der Waals surface area contributed by atoms with Crippen LogP contribution in [0.25, 0.3) is 0 Å². The zero-order valence-corrected chi connectivity index (χ0v) is 13.4. The molecule has 2 N–H and O–H groups in total. The van der Waals surface area contributed by atoms with Crippen molar-refractivity contribution in [3.63, 3.8) is 0 Å². The topological polar surface area (TPSA) is 29.3 Å². The molecule has 0 radical (unpaired) electrons. The van der Waals surface area contributed by atoms with Crippen LogP contribution in [0.5, 0.6) is 0 Å². The minimum atomic E-state index is 0.731. The Hall–Kier alpha value is -1.80. The van der Waals surface area contributed by atoms with Gasteiger partial charge in [0.25, 0.3) is 0 Å². The van der Waals surface area contributed by atoms with Crippen LogP contribution in [0, 0.1) is 20.8 Å². The zero-order valence-electron chi connectivity index (χ0n) is 13.4. The van der Waals surface area contributed by atoms with Crippen molar-refractivity contribution in [2.45, 2.75) is 33.7 Å². The Labute approximate surface area is 128 Å². The molecule has 0 amide bonds. The summed E-state index contributed by atoms with van der Waals surface area (Å²) in [5.41, 5.74) is 12.3. The van der Waals surface area contributed by atoms with E-state index in [0.29, 0.717) is 0 Å². The molecule has 0 atom stereocenters. The largest absolute Gasteiger partial charge is 0.367 e. The Kier molecular flexibility index (Phi) is 5.40. The molecule has 0 heterocycles. The van der Waals surface area contributed by atoms with Crippen LogP contribution >= 0.6 is 0 Å². The van der Waals surface area contributed by atoms with Crippen LogP contribution in [0.1, 0.15) is 28.7 Å². The van der Waals surface area contributed by atoms with Gasteiger partial charge in [-0.05, 0) is 68.1 Å². The third-order valence-electron chi connectivity index (χ3n) is 3.94. The minimum Gasteiger partial charge on any atom is -0.367 e. The molecule has 21 heavy (non-hydrogen) atoms. The molecular weight excluding hydrogens is 256 g/mol. The Morgan fingerprint density at radius 1 is 0.952 bits per heavy atom. The number of anilines is 1. The second-order valence-corrected chi connectivity index (χ2v) is 5.82. The summed E-state index contributed by atoms with van der Waals surface area (Å²) in [5, 5.41) is 0. The van der Waals surface area contributed by atoms with Crippen molar-refractivity contribution < 1.29 is 0 Å². The Balaban J connectivity index is 2.21. The number of nitrogens with zero attached hydrogens (tertiary/aromatic N) is 1. The lowest BCUT2D eigenvalue weighted by Gasteiger charge is -2.25. The van der Waals surface area contributed by atoms with Gasteiger partial charge in [-0.3, -0.25) is 0 Å². The third kappa shape index (κ3) is 4.33. The first kappa shape index (κ1) is 15.6. The number of hydrogen-bond acceptors (Lipinski definition) is 2. The molecule has 0 aliphatic heterocycles. The monoisotopic (exact) mass is 282 g/mol. The molecular formula is C19H26N2. The lowest BCUT2D eigenvalue weighted by atomic mass is 10.1. The van der Waals surface area contributed by atoms with Gasteiger partial charge in [0.05, 0.1) is 0 Å². The van der Waals surface area contributed by atoms with E-state index >= 15 is 0 Å². The average molecular weight is 282 g/mol. The summed E-state index contributed by atoms with van der Waals surface area (Å²) < 4.78 is 0. The van der Waals surface area contributed by atoms with E-state index in [0.717, 1.165) is 26.1 Å². The molecule has 0 saturated heterocycles. The third-order valence-corrected chi connectivity index (χ3v) is 3.94. The van der Waals surface area contributed by atoms with Gasteiger partial charge in [-0.25, -0.2) is 0 Å². The van der Waals surface area contributed by atoms with Gasteiger partial charge in [0.15, 0.2) is 0 Å². The highest BCUT2D eigenvalue weighted by Crippen LogP contribution is 2.20. The molecule has 2 heteroatoms. The standard InChI is InChI=1S/C19H26N2/c1-15-6-4-7-19(12-15)21(11-5-10-20)14-18-9-8-16(2)17(3)13-18/h4,6-9,12-13H,5,10-11,14,20H2,1-3H3. The molecule has 0 aromatic heterocycles. The van der Waals surface area contributed by atoms with Crippen molar-refractivity contribution in [1.82, 2.24) is 0 Å². The molecule has 0 fully saturated rings. The fourth-order valence-electron chi connectivity index (χ4n) is 2.53. The van der Waals surface area contributed by atoms with E-state index in [1.807, 2.05) is 0 Å². The van der Waals surface area contributed by atoms with Crippen LogP contribution in [0.4, 0.5) is 5.69 Å². The van der Waals surface area contributed by atoms with Gasteiger partial charge in [-0.2, -0.15) is 0 Å². The maximum Gasteiger partial charge on any atom is 0.0429 e. The van der Waals surface area contributed by atoms with Gasteiger partial charge >= 0.3 is 0 Å². The van der Waals surface area contributed by atoms with Crippen LogP contribution < -0.4 is 10.6 Å². The van der Waals surface area contributed by atoms with E-state index in [4.69, 9.17) is 5.73 Å². The first-order valence-corrected chi connectivity index (χ1v) is 7.68. The Bertz CT molecular complexity index is 590. The van der Waals surface area contributed by atoms with Crippen LogP contribution in [0.2, 0.25) is 0 Å². The Morgan fingerprint density at radius 3 is 2.43 bits per heavy atom. The fraction of sp³-hybridized carbons (Fsp3) is 0.368. The van der Waals surface area contributed by atoms with E-state index < -0.39 is 0 Å². The van der Waals surface area contributed by atoms with Crippen LogP contribution in [0.15, 0.2) is 42.5 Å². The van der Waals surface area contributed by atoms with E-state index in [1.165, 1.54) is 27.9 Å². The summed E-state index contributed by atoms with van der Waals surface area (Å²) in [6, 6.07) is 15.4. The van der Waals surface area contributed by atoms with E-state index in [2.05, 4.69) is 68.1 Å². The first-order chi connectivity index (χ1) is 10.1. The number of benzene rings is 2. The predicted molar refractivity (Wildman–Crippen MR) is 91.8 cm³/mol. The van der Waals surface area contributed by atoms with Gasteiger partial charge < -0.3 is 10.6 Å². The smallest absolute Gasteiger partial charge is 0.0429 e. The van der Waals surface area contributed by atoms with E-state index in [1.54, 1.807) is 0 Å². The Morgan fingerprint density at radius 2 is 1.76 bits per heavy atom. The molecule has 112 valence electrons. The molecule has 0 aliphatic carbocycles. The van der Waals surface area contributed by atoms with Crippen LogP contribution in [-0.2, 0) is 6.54 Å². The van der Waals surface area contributed by atoms with Crippen molar-refractivity contribution in [3.8, 4) is 0 Å². The number of aryl methyl sites for hydroxylation is 3. The molecule has 0 aliphatic rings. The second-order valence-electron chi connectivity index (χ2n) is 5.82. The van der Waals surface area contributed by atoms with Crippen LogP contribution in [-0.4, -0.2) is 13.1 Å². The first-order valence-electron chi connectivity index (χ1n) is 7.68. The highest BCUT2D eigenvalue weighted by Gasteiger charge is 2.08. The normalized spacial score (nSPS) is 10.7. The van der Waals surface area contributed by atoms with Gasteiger partial charge in [0, 0.05) is 18.8 Å².